The molecule has 0 radical (unpaired) electrons. The van der Waals surface area contributed by atoms with Crippen LogP contribution < -0.4 is 29.2 Å². The van der Waals surface area contributed by atoms with Crippen LogP contribution in [0.4, 0.5) is 11.4 Å². The number of nitrogens with one attached hydrogen (secondary N) is 1. The van der Waals surface area contributed by atoms with Crippen LogP contribution in [-0.2, 0) is 9.59 Å². The minimum atomic E-state index is -0.223. The van der Waals surface area contributed by atoms with Gasteiger partial charge in [0.25, 0.3) is 0 Å². The number of fused-ring (bicyclic) bond motifs is 1. The van der Waals surface area contributed by atoms with Crippen molar-refractivity contribution >= 4 is 23.2 Å². The molecule has 0 saturated heterocycles. The smallest absolute Gasteiger partial charge is 0.231 e. The first-order valence-corrected chi connectivity index (χ1v) is 8.71. The molecule has 1 N–H and O–H groups in total. The van der Waals surface area contributed by atoms with Crippen LogP contribution in [0.25, 0.3) is 0 Å². The number of nitrogens with zero attached hydrogens (tertiary/aromatic N) is 1. The molecule has 1 aliphatic heterocycles. The van der Waals surface area contributed by atoms with Crippen LogP contribution in [0.15, 0.2) is 36.4 Å². The predicted octanol–water partition coefficient (Wildman–Crippen LogP) is 2.81. The highest BCUT2D eigenvalue weighted by Crippen LogP contribution is 2.35. The van der Waals surface area contributed by atoms with Crippen molar-refractivity contribution in [2.75, 3.05) is 37.8 Å². The molecular formula is C20H22N2O6. The standard InChI is InChI=1S/C20H22N2O6/c1-13(23)22(15-5-7-17-19(11-15)28-12-27-17)9-8-20(24)21-14-4-6-16(25-2)18(10-14)26-3/h4-7,10-11H,8-9,12H2,1-3H3,(H,21,24). The summed E-state index contributed by atoms with van der Waals surface area (Å²) in [4.78, 5) is 25.9. The highest BCUT2D eigenvalue weighted by molar-refractivity contribution is 5.95. The molecular weight excluding hydrogens is 364 g/mol. The van der Waals surface area contributed by atoms with E-state index in [9.17, 15) is 9.59 Å². The van der Waals surface area contributed by atoms with Gasteiger partial charge in [-0.05, 0) is 24.3 Å². The van der Waals surface area contributed by atoms with Gasteiger partial charge in [-0.1, -0.05) is 0 Å². The van der Waals surface area contributed by atoms with E-state index in [0.29, 0.717) is 34.4 Å². The van der Waals surface area contributed by atoms with Gasteiger partial charge >= 0.3 is 0 Å². The predicted molar refractivity (Wildman–Crippen MR) is 103 cm³/mol. The number of benzene rings is 2. The molecule has 0 unspecified atom stereocenters. The molecule has 148 valence electrons. The molecule has 2 aromatic carbocycles. The fraction of sp³-hybridized carbons (Fsp3) is 0.300. The lowest BCUT2D eigenvalue weighted by molar-refractivity contribution is -0.117. The van der Waals surface area contributed by atoms with E-state index in [0.717, 1.165) is 0 Å². The summed E-state index contributed by atoms with van der Waals surface area (Å²) in [6.07, 6.45) is 0.127. The van der Waals surface area contributed by atoms with Crippen molar-refractivity contribution in [2.45, 2.75) is 13.3 Å². The third kappa shape index (κ3) is 4.28. The maximum Gasteiger partial charge on any atom is 0.231 e. The monoisotopic (exact) mass is 386 g/mol. The largest absolute Gasteiger partial charge is 0.493 e. The van der Waals surface area contributed by atoms with Gasteiger partial charge in [-0.15, -0.1) is 0 Å². The summed E-state index contributed by atoms with van der Waals surface area (Å²) in [5, 5.41) is 2.80. The maximum absolute atomic E-state index is 12.3. The SMILES string of the molecule is COc1ccc(NC(=O)CCN(C(C)=O)c2ccc3c(c2)OCO3)cc1OC. The molecule has 3 rings (SSSR count). The summed E-state index contributed by atoms with van der Waals surface area (Å²) in [7, 11) is 3.07. The fourth-order valence-corrected chi connectivity index (χ4v) is 2.87. The average Bonchev–Trinajstić information content (AvgIpc) is 3.15. The van der Waals surface area contributed by atoms with E-state index in [-0.39, 0.29) is 31.6 Å². The van der Waals surface area contributed by atoms with E-state index in [1.165, 1.54) is 18.9 Å². The summed E-state index contributed by atoms with van der Waals surface area (Å²) >= 11 is 0. The minimum Gasteiger partial charge on any atom is -0.493 e. The Balaban J connectivity index is 1.64. The van der Waals surface area contributed by atoms with Gasteiger partial charge < -0.3 is 29.2 Å². The zero-order valence-corrected chi connectivity index (χ0v) is 16.0. The van der Waals surface area contributed by atoms with E-state index in [4.69, 9.17) is 18.9 Å². The number of anilines is 2. The molecule has 28 heavy (non-hydrogen) atoms. The van der Waals surface area contributed by atoms with E-state index < -0.39 is 0 Å². The number of amides is 2. The van der Waals surface area contributed by atoms with Gasteiger partial charge in [0.15, 0.2) is 23.0 Å². The van der Waals surface area contributed by atoms with Gasteiger partial charge in [0.1, 0.15) is 0 Å². The van der Waals surface area contributed by atoms with Crippen molar-refractivity contribution in [3.8, 4) is 23.0 Å². The lowest BCUT2D eigenvalue weighted by Crippen LogP contribution is -2.31. The molecule has 0 aromatic heterocycles. The fourth-order valence-electron chi connectivity index (χ4n) is 2.87. The van der Waals surface area contributed by atoms with Crippen molar-refractivity contribution in [2.24, 2.45) is 0 Å². The van der Waals surface area contributed by atoms with Gasteiger partial charge in [0, 0.05) is 43.4 Å². The van der Waals surface area contributed by atoms with Gasteiger partial charge in [-0.25, -0.2) is 0 Å². The van der Waals surface area contributed by atoms with Crippen LogP contribution in [0.1, 0.15) is 13.3 Å². The van der Waals surface area contributed by atoms with E-state index >= 15 is 0 Å². The first kappa shape index (κ1) is 19.3. The lowest BCUT2D eigenvalue weighted by atomic mass is 10.2. The van der Waals surface area contributed by atoms with Crippen LogP contribution in [0, 0.1) is 0 Å². The van der Waals surface area contributed by atoms with Crippen LogP contribution >= 0.6 is 0 Å². The number of carbonyl (C=O) groups excluding carboxylic acids is 2. The zero-order valence-electron chi connectivity index (χ0n) is 16.0. The van der Waals surface area contributed by atoms with Crippen LogP contribution in [0.3, 0.4) is 0 Å². The van der Waals surface area contributed by atoms with Crippen molar-refractivity contribution in [3.05, 3.63) is 36.4 Å². The van der Waals surface area contributed by atoms with Crippen molar-refractivity contribution in [1.82, 2.24) is 0 Å². The molecule has 8 nitrogen and oxygen atoms in total. The Morgan fingerprint density at radius 3 is 2.50 bits per heavy atom. The quantitative estimate of drug-likeness (QED) is 0.788. The van der Waals surface area contributed by atoms with Crippen LogP contribution in [0.5, 0.6) is 23.0 Å². The van der Waals surface area contributed by atoms with Crippen molar-refractivity contribution in [1.29, 1.82) is 0 Å². The maximum atomic E-state index is 12.3. The number of carbonyl (C=O) groups is 2. The Hall–Kier alpha value is -3.42. The van der Waals surface area contributed by atoms with Crippen molar-refractivity contribution in [3.63, 3.8) is 0 Å². The second-order valence-corrected chi connectivity index (χ2v) is 6.08. The van der Waals surface area contributed by atoms with Gasteiger partial charge in [-0.2, -0.15) is 0 Å². The second-order valence-electron chi connectivity index (χ2n) is 6.08. The summed E-state index contributed by atoms with van der Waals surface area (Å²) in [5.41, 5.74) is 1.23. The topological polar surface area (TPSA) is 86.3 Å². The first-order valence-electron chi connectivity index (χ1n) is 8.71. The Kier molecular flexibility index (Phi) is 5.88. The highest BCUT2D eigenvalue weighted by atomic mass is 16.7. The summed E-state index contributed by atoms with van der Waals surface area (Å²) < 4.78 is 21.0. The molecule has 1 aliphatic rings. The third-order valence-electron chi connectivity index (χ3n) is 4.28. The van der Waals surface area contributed by atoms with Crippen LogP contribution in [0.2, 0.25) is 0 Å². The number of hydrogen-bond donors (Lipinski definition) is 1. The van der Waals surface area contributed by atoms with E-state index in [1.54, 1.807) is 43.5 Å². The van der Waals surface area contributed by atoms with Gasteiger partial charge in [0.2, 0.25) is 18.6 Å². The first-order chi connectivity index (χ1) is 13.5. The molecule has 0 atom stereocenters. The molecule has 1 heterocycles. The molecule has 0 bridgehead atoms. The van der Waals surface area contributed by atoms with E-state index in [1.807, 2.05) is 0 Å². The highest BCUT2D eigenvalue weighted by Gasteiger charge is 2.19. The molecule has 8 heteroatoms. The second kappa shape index (κ2) is 8.51. The number of hydrogen-bond acceptors (Lipinski definition) is 6. The molecule has 0 spiro atoms. The minimum absolute atomic E-state index is 0.127. The molecule has 0 fully saturated rings. The number of ether oxygens (including phenoxy) is 4. The van der Waals surface area contributed by atoms with Crippen molar-refractivity contribution < 1.29 is 28.5 Å². The summed E-state index contributed by atoms with van der Waals surface area (Å²) in [5.74, 6) is 1.92. The molecule has 0 saturated carbocycles. The Labute approximate surface area is 162 Å². The molecule has 0 aliphatic carbocycles. The van der Waals surface area contributed by atoms with Crippen LogP contribution in [-0.4, -0.2) is 39.4 Å². The average molecular weight is 386 g/mol. The Morgan fingerprint density at radius 1 is 1.04 bits per heavy atom. The van der Waals surface area contributed by atoms with Gasteiger partial charge in [0.05, 0.1) is 14.2 Å². The number of rotatable bonds is 7. The zero-order chi connectivity index (χ0) is 20.1. The number of methoxy groups -OCH3 is 2. The van der Waals surface area contributed by atoms with E-state index in [2.05, 4.69) is 5.32 Å². The Morgan fingerprint density at radius 2 is 1.79 bits per heavy atom. The molecule has 2 amide bonds. The third-order valence-corrected chi connectivity index (χ3v) is 4.28. The van der Waals surface area contributed by atoms with Gasteiger partial charge in [-0.3, -0.25) is 9.59 Å². The lowest BCUT2D eigenvalue weighted by Gasteiger charge is -2.21. The summed E-state index contributed by atoms with van der Waals surface area (Å²) in [6, 6.07) is 10.4. The summed E-state index contributed by atoms with van der Waals surface area (Å²) in [6.45, 7) is 1.84. The normalized spacial score (nSPS) is 11.7. The Bertz CT molecular complexity index is 883. The molecule has 2 aromatic rings.